The van der Waals surface area contributed by atoms with Crippen LogP contribution in [0, 0.1) is 5.92 Å². The highest BCUT2D eigenvalue weighted by Crippen LogP contribution is 2.29. The maximum Gasteiger partial charge on any atom is 0.224 e. The Morgan fingerprint density at radius 1 is 1.03 bits per heavy atom. The van der Waals surface area contributed by atoms with E-state index in [4.69, 9.17) is 27.9 Å². The topological polar surface area (TPSA) is 79.0 Å². The van der Waals surface area contributed by atoms with Gasteiger partial charge in [0.2, 0.25) is 15.9 Å². The van der Waals surface area contributed by atoms with Crippen molar-refractivity contribution >= 4 is 39.1 Å². The van der Waals surface area contributed by atoms with Gasteiger partial charge in [-0.3, -0.25) is 9.69 Å². The molecule has 2 fully saturated rings. The SMILES string of the molecule is O=C(NCc1cccc(CN2CCOCC2)c1)[C@@H]1CCCN(S(=O)(=O)Cc2c(Cl)cccc2Cl)C1. The second-order valence-electron chi connectivity index (χ2n) is 9.08. The second kappa shape index (κ2) is 12.0. The molecule has 1 N–H and O–H groups in total. The number of amides is 1. The molecule has 190 valence electrons. The summed E-state index contributed by atoms with van der Waals surface area (Å²) in [5.74, 6) is -0.800. The van der Waals surface area contributed by atoms with Gasteiger partial charge in [0.15, 0.2) is 0 Å². The Balaban J connectivity index is 1.32. The molecule has 0 saturated carbocycles. The molecular formula is C25H31Cl2N3O4S. The number of nitrogens with one attached hydrogen (secondary N) is 1. The smallest absolute Gasteiger partial charge is 0.224 e. The van der Waals surface area contributed by atoms with Gasteiger partial charge >= 0.3 is 0 Å². The lowest BCUT2D eigenvalue weighted by Gasteiger charge is -2.31. The van der Waals surface area contributed by atoms with Gasteiger partial charge in [-0.15, -0.1) is 0 Å². The number of morpholine rings is 1. The Morgan fingerprint density at radius 3 is 2.46 bits per heavy atom. The molecule has 10 heteroatoms. The van der Waals surface area contributed by atoms with Crippen LogP contribution in [0.15, 0.2) is 42.5 Å². The standard InChI is InChI=1S/C25H31Cl2N3O4S/c26-23-7-2-8-24(27)22(23)18-35(32,33)30-9-3-6-21(17-30)25(31)28-15-19-4-1-5-20(14-19)16-29-10-12-34-13-11-29/h1-2,4-5,7-8,14,21H,3,6,9-13,15-18H2,(H,28,31)/t21-/m1/s1. The minimum absolute atomic E-state index is 0.126. The molecule has 0 radical (unpaired) electrons. The van der Waals surface area contributed by atoms with E-state index in [1.54, 1.807) is 18.2 Å². The summed E-state index contributed by atoms with van der Waals surface area (Å²) in [5, 5.41) is 3.65. The van der Waals surface area contributed by atoms with Crippen molar-refractivity contribution in [2.75, 3.05) is 39.4 Å². The normalized spacial score (nSPS) is 20.0. The van der Waals surface area contributed by atoms with E-state index in [1.165, 1.54) is 9.87 Å². The molecule has 1 atom stereocenters. The molecular weight excluding hydrogens is 509 g/mol. The monoisotopic (exact) mass is 539 g/mol. The Hall–Kier alpha value is -1.68. The molecule has 0 aliphatic carbocycles. The number of benzene rings is 2. The third-order valence-electron chi connectivity index (χ3n) is 6.50. The summed E-state index contributed by atoms with van der Waals surface area (Å²) >= 11 is 12.4. The van der Waals surface area contributed by atoms with Crippen molar-refractivity contribution < 1.29 is 17.9 Å². The Kier molecular flexibility index (Phi) is 9.07. The minimum Gasteiger partial charge on any atom is -0.379 e. The van der Waals surface area contributed by atoms with E-state index in [2.05, 4.69) is 22.3 Å². The summed E-state index contributed by atoms with van der Waals surface area (Å²) in [6.45, 7) is 5.18. The number of piperidine rings is 1. The van der Waals surface area contributed by atoms with Gasteiger partial charge in [-0.1, -0.05) is 53.5 Å². The molecule has 2 aromatic carbocycles. The number of ether oxygens (including phenoxy) is 1. The molecule has 0 spiro atoms. The average molecular weight is 541 g/mol. The zero-order valence-corrected chi connectivity index (χ0v) is 21.9. The molecule has 4 rings (SSSR count). The minimum atomic E-state index is -3.66. The molecule has 0 bridgehead atoms. The lowest BCUT2D eigenvalue weighted by molar-refractivity contribution is -0.126. The molecule has 2 heterocycles. The highest BCUT2D eigenvalue weighted by Gasteiger charge is 2.33. The number of rotatable bonds is 8. The van der Waals surface area contributed by atoms with Gasteiger partial charge in [0.05, 0.1) is 24.9 Å². The molecule has 2 saturated heterocycles. The van der Waals surface area contributed by atoms with Gasteiger partial charge in [0.25, 0.3) is 0 Å². The van der Waals surface area contributed by atoms with Crippen LogP contribution < -0.4 is 5.32 Å². The van der Waals surface area contributed by atoms with Crippen molar-refractivity contribution in [1.29, 1.82) is 0 Å². The maximum absolute atomic E-state index is 13.1. The number of halogens is 2. The highest BCUT2D eigenvalue weighted by atomic mass is 35.5. The quantitative estimate of drug-likeness (QED) is 0.553. The predicted octanol–water partition coefficient (Wildman–Crippen LogP) is 3.68. The van der Waals surface area contributed by atoms with Crippen molar-refractivity contribution in [3.05, 3.63) is 69.2 Å². The van der Waals surface area contributed by atoms with Crippen molar-refractivity contribution in [2.24, 2.45) is 5.92 Å². The number of nitrogens with zero attached hydrogens (tertiary/aromatic N) is 2. The van der Waals surface area contributed by atoms with Crippen molar-refractivity contribution in [3.63, 3.8) is 0 Å². The lowest BCUT2D eigenvalue weighted by Crippen LogP contribution is -2.45. The van der Waals surface area contributed by atoms with Crippen LogP contribution >= 0.6 is 23.2 Å². The third-order valence-corrected chi connectivity index (χ3v) is 8.98. The molecule has 2 aliphatic heterocycles. The van der Waals surface area contributed by atoms with E-state index in [0.717, 1.165) is 38.4 Å². The van der Waals surface area contributed by atoms with Crippen molar-refractivity contribution in [1.82, 2.24) is 14.5 Å². The second-order valence-corrected chi connectivity index (χ2v) is 11.9. The van der Waals surface area contributed by atoms with Crippen LogP contribution in [-0.2, 0) is 38.4 Å². The van der Waals surface area contributed by atoms with Crippen LogP contribution in [0.5, 0.6) is 0 Å². The van der Waals surface area contributed by atoms with Gasteiger partial charge in [0.1, 0.15) is 0 Å². The van der Waals surface area contributed by atoms with Crippen molar-refractivity contribution in [3.8, 4) is 0 Å². The number of hydrogen-bond donors (Lipinski definition) is 1. The summed E-state index contributed by atoms with van der Waals surface area (Å²) in [4.78, 5) is 15.3. The van der Waals surface area contributed by atoms with Crippen LogP contribution in [0.25, 0.3) is 0 Å². The Labute approximate surface area is 217 Å². The highest BCUT2D eigenvalue weighted by molar-refractivity contribution is 7.88. The van der Waals surface area contributed by atoms with Gasteiger partial charge < -0.3 is 10.1 Å². The summed E-state index contributed by atoms with van der Waals surface area (Å²) in [6, 6.07) is 13.1. The molecule has 2 aliphatic rings. The van der Waals surface area contributed by atoms with E-state index in [1.807, 2.05) is 12.1 Å². The van der Waals surface area contributed by atoms with Gasteiger partial charge in [-0.25, -0.2) is 12.7 Å². The molecule has 0 aromatic heterocycles. The fourth-order valence-corrected chi connectivity index (χ4v) is 6.90. The van der Waals surface area contributed by atoms with Crippen molar-refractivity contribution in [2.45, 2.75) is 31.7 Å². The van der Waals surface area contributed by atoms with Gasteiger partial charge in [0, 0.05) is 54.9 Å². The van der Waals surface area contributed by atoms with E-state index in [0.29, 0.717) is 41.5 Å². The number of carbonyl (C=O) groups is 1. The van der Waals surface area contributed by atoms with Crippen LogP contribution in [-0.4, -0.2) is 62.9 Å². The van der Waals surface area contributed by atoms with E-state index in [-0.39, 0.29) is 18.2 Å². The zero-order chi connectivity index (χ0) is 24.8. The Bertz CT molecular complexity index is 1120. The largest absolute Gasteiger partial charge is 0.379 e. The van der Waals surface area contributed by atoms with Crippen LogP contribution in [0.2, 0.25) is 10.0 Å². The summed E-state index contributed by atoms with van der Waals surface area (Å²) in [5.41, 5.74) is 2.61. The molecule has 1 amide bonds. The van der Waals surface area contributed by atoms with Crippen LogP contribution in [0.1, 0.15) is 29.5 Å². The summed E-state index contributed by atoms with van der Waals surface area (Å²) in [7, 11) is -3.66. The first kappa shape index (κ1) is 26.4. The van der Waals surface area contributed by atoms with Gasteiger partial charge in [-0.2, -0.15) is 0 Å². The van der Waals surface area contributed by atoms with Gasteiger partial charge in [-0.05, 0) is 36.1 Å². The Morgan fingerprint density at radius 2 is 1.71 bits per heavy atom. The third kappa shape index (κ3) is 7.18. The fourth-order valence-electron chi connectivity index (χ4n) is 4.54. The zero-order valence-electron chi connectivity index (χ0n) is 19.6. The number of carbonyl (C=O) groups excluding carboxylic acids is 1. The van der Waals surface area contributed by atoms with Crippen LogP contribution in [0.4, 0.5) is 0 Å². The van der Waals surface area contributed by atoms with E-state index in [9.17, 15) is 13.2 Å². The van der Waals surface area contributed by atoms with E-state index >= 15 is 0 Å². The number of hydrogen-bond acceptors (Lipinski definition) is 5. The van der Waals surface area contributed by atoms with Crippen LogP contribution in [0.3, 0.4) is 0 Å². The first-order valence-corrected chi connectivity index (χ1v) is 14.2. The summed E-state index contributed by atoms with van der Waals surface area (Å²) < 4.78 is 32.9. The average Bonchev–Trinajstić information content (AvgIpc) is 2.86. The predicted molar refractivity (Wildman–Crippen MR) is 138 cm³/mol. The molecule has 7 nitrogen and oxygen atoms in total. The lowest BCUT2D eigenvalue weighted by atomic mass is 9.98. The molecule has 0 unspecified atom stereocenters. The summed E-state index contributed by atoms with van der Waals surface area (Å²) in [6.07, 6.45) is 1.28. The first-order chi connectivity index (χ1) is 16.8. The van der Waals surface area contributed by atoms with E-state index < -0.39 is 15.9 Å². The number of sulfonamides is 1. The molecule has 35 heavy (non-hydrogen) atoms. The maximum atomic E-state index is 13.1. The fraction of sp³-hybridized carbons (Fsp3) is 0.480. The molecule has 2 aromatic rings. The first-order valence-electron chi connectivity index (χ1n) is 11.9.